The molecule has 0 amide bonds. The third-order valence-corrected chi connectivity index (χ3v) is 3.26. The molecule has 1 heterocycles. The van der Waals surface area contributed by atoms with Gasteiger partial charge in [-0.3, -0.25) is 4.79 Å². The van der Waals surface area contributed by atoms with Crippen molar-refractivity contribution in [1.29, 1.82) is 0 Å². The molecule has 0 aliphatic carbocycles. The second-order valence-corrected chi connectivity index (χ2v) is 5.32. The highest BCUT2D eigenvalue weighted by Crippen LogP contribution is 2.25. The molecule has 0 radical (unpaired) electrons. The molecule has 0 aromatic carbocycles. The summed E-state index contributed by atoms with van der Waals surface area (Å²) in [4.78, 5) is 11.4. The van der Waals surface area contributed by atoms with E-state index in [9.17, 15) is 18.0 Å². The lowest BCUT2D eigenvalue weighted by Crippen LogP contribution is -2.08. The second kappa shape index (κ2) is 5.12. The van der Waals surface area contributed by atoms with E-state index in [1.165, 1.54) is 11.3 Å². The number of hydrogen-bond donors (Lipinski definition) is 0. The number of carbonyl (C=O) groups is 1. The fraction of sp³-hybridized carbons (Fsp3) is 0.444. The molecule has 6 heteroatoms. The van der Waals surface area contributed by atoms with Gasteiger partial charge in [-0.05, 0) is 28.4 Å². The van der Waals surface area contributed by atoms with Gasteiger partial charge in [-0.25, -0.2) is 0 Å². The van der Waals surface area contributed by atoms with Crippen LogP contribution in [0.15, 0.2) is 15.2 Å². The largest absolute Gasteiger partial charge is 0.389 e. The highest BCUT2D eigenvalue weighted by molar-refractivity contribution is 9.11. The molecule has 1 aromatic rings. The van der Waals surface area contributed by atoms with Crippen LogP contribution in [0.3, 0.4) is 0 Å². The van der Waals surface area contributed by atoms with Crippen LogP contribution in [-0.4, -0.2) is 12.0 Å². The first-order valence-electron chi connectivity index (χ1n) is 4.22. The van der Waals surface area contributed by atoms with E-state index in [1.807, 2.05) is 0 Å². The molecule has 84 valence electrons. The quantitative estimate of drug-likeness (QED) is 0.752. The molecule has 1 rings (SSSR count). The highest BCUT2D eigenvalue weighted by atomic mass is 79.9. The lowest BCUT2D eigenvalue weighted by atomic mass is 10.1. The number of halogens is 4. The van der Waals surface area contributed by atoms with Crippen molar-refractivity contribution < 1.29 is 18.0 Å². The summed E-state index contributed by atoms with van der Waals surface area (Å²) < 4.78 is 36.2. The molecule has 0 fully saturated rings. The Morgan fingerprint density at radius 2 is 2.13 bits per heavy atom. The smallest absolute Gasteiger partial charge is 0.294 e. The minimum absolute atomic E-state index is 0.0529. The fourth-order valence-corrected chi connectivity index (χ4v) is 2.21. The van der Waals surface area contributed by atoms with Crippen LogP contribution in [-0.2, 0) is 0 Å². The Morgan fingerprint density at radius 1 is 1.47 bits per heavy atom. The Bertz CT molecular complexity index is 345. The van der Waals surface area contributed by atoms with Crippen LogP contribution in [0, 0.1) is 0 Å². The van der Waals surface area contributed by atoms with Gasteiger partial charge in [-0.2, -0.15) is 13.2 Å². The number of ketones is 1. The van der Waals surface area contributed by atoms with Gasteiger partial charge in [0.1, 0.15) is 0 Å². The Morgan fingerprint density at radius 3 is 2.60 bits per heavy atom. The van der Waals surface area contributed by atoms with Gasteiger partial charge in [0.05, 0.1) is 3.79 Å². The van der Waals surface area contributed by atoms with Crippen molar-refractivity contribution in [3.63, 3.8) is 0 Å². The molecule has 0 saturated carbocycles. The van der Waals surface area contributed by atoms with E-state index in [0.717, 1.165) is 3.79 Å². The molecular weight excluding hydrogens is 293 g/mol. The highest BCUT2D eigenvalue weighted by Gasteiger charge is 2.26. The molecule has 0 unspecified atom stereocenters. The zero-order chi connectivity index (χ0) is 11.5. The predicted octanol–water partition coefficient (Wildman–Crippen LogP) is 4.43. The molecule has 0 atom stereocenters. The van der Waals surface area contributed by atoms with Crippen molar-refractivity contribution in [3.8, 4) is 0 Å². The molecule has 0 aliphatic rings. The van der Waals surface area contributed by atoms with Crippen LogP contribution in [0.1, 0.15) is 29.6 Å². The van der Waals surface area contributed by atoms with Crippen LogP contribution >= 0.6 is 27.3 Å². The maximum atomic E-state index is 11.8. The summed E-state index contributed by atoms with van der Waals surface area (Å²) in [5.74, 6) is -0.235. The molecule has 15 heavy (non-hydrogen) atoms. The summed E-state index contributed by atoms with van der Waals surface area (Å²) in [5, 5.41) is 1.64. The first-order valence-corrected chi connectivity index (χ1v) is 5.90. The summed E-state index contributed by atoms with van der Waals surface area (Å²) >= 11 is 4.53. The van der Waals surface area contributed by atoms with E-state index in [0.29, 0.717) is 5.56 Å². The second-order valence-electron chi connectivity index (χ2n) is 3.03. The first-order chi connectivity index (χ1) is 6.88. The number of rotatable bonds is 4. The van der Waals surface area contributed by atoms with E-state index < -0.39 is 12.6 Å². The molecule has 0 aliphatic heterocycles. The van der Waals surface area contributed by atoms with E-state index in [4.69, 9.17) is 0 Å². The molecule has 1 aromatic heterocycles. The zero-order valence-corrected chi connectivity index (χ0v) is 10.0. The lowest BCUT2D eigenvalue weighted by Gasteiger charge is -2.04. The normalized spacial score (nSPS) is 11.7. The Labute approximate surface area is 97.4 Å². The molecular formula is C9H8BrF3OS. The molecule has 0 saturated heterocycles. The van der Waals surface area contributed by atoms with Gasteiger partial charge < -0.3 is 0 Å². The van der Waals surface area contributed by atoms with Crippen LogP contribution in [0.4, 0.5) is 13.2 Å². The topological polar surface area (TPSA) is 17.1 Å². The van der Waals surface area contributed by atoms with Gasteiger partial charge in [0.15, 0.2) is 5.78 Å². The van der Waals surface area contributed by atoms with Crippen LogP contribution in [0.5, 0.6) is 0 Å². The summed E-state index contributed by atoms with van der Waals surface area (Å²) in [5.41, 5.74) is 0.481. The van der Waals surface area contributed by atoms with Gasteiger partial charge in [0.25, 0.3) is 0 Å². The predicted molar refractivity (Wildman–Crippen MR) is 56.3 cm³/mol. The van der Waals surface area contributed by atoms with Gasteiger partial charge in [0.2, 0.25) is 0 Å². The van der Waals surface area contributed by atoms with E-state index in [2.05, 4.69) is 15.9 Å². The summed E-state index contributed by atoms with van der Waals surface area (Å²) in [7, 11) is 0. The van der Waals surface area contributed by atoms with Crippen molar-refractivity contribution in [3.05, 3.63) is 20.8 Å². The maximum absolute atomic E-state index is 11.8. The molecule has 1 nitrogen and oxygen atoms in total. The summed E-state index contributed by atoms with van der Waals surface area (Å²) in [6.07, 6.45) is -5.27. The Kier molecular flexibility index (Phi) is 4.33. The fourth-order valence-electron chi connectivity index (χ4n) is 1.05. The van der Waals surface area contributed by atoms with Crippen LogP contribution in [0.2, 0.25) is 0 Å². The SMILES string of the molecule is O=C(CCCC(F)(F)F)c1csc(Br)c1. The van der Waals surface area contributed by atoms with Gasteiger partial charge in [0, 0.05) is 23.8 Å². The van der Waals surface area contributed by atoms with Crippen molar-refractivity contribution in [2.75, 3.05) is 0 Å². The van der Waals surface area contributed by atoms with Gasteiger partial charge in [-0.15, -0.1) is 11.3 Å². The number of carbonyl (C=O) groups excluding carboxylic acids is 1. The average Bonchev–Trinajstić information content (AvgIpc) is 2.49. The third-order valence-electron chi connectivity index (χ3n) is 1.75. The van der Waals surface area contributed by atoms with Crippen molar-refractivity contribution in [2.45, 2.75) is 25.4 Å². The average molecular weight is 301 g/mol. The van der Waals surface area contributed by atoms with Crippen molar-refractivity contribution in [1.82, 2.24) is 0 Å². The Balaban J connectivity index is 2.37. The number of alkyl halides is 3. The monoisotopic (exact) mass is 300 g/mol. The summed E-state index contributed by atoms with van der Waals surface area (Å²) in [6, 6.07) is 1.63. The molecule has 0 N–H and O–H groups in total. The van der Waals surface area contributed by atoms with Gasteiger partial charge in [-0.1, -0.05) is 0 Å². The van der Waals surface area contributed by atoms with Crippen LogP contribution < -0.4 is 0 Å². The van der Waals surface area contributed by atoms with Gasteiger partial charge >= 0.3 is 6.18 Å². The van der Waals surface area contributed by atoms with Crippen molar-refractivity contribution in [2.24, 2.45) is 0 Å². The van der Waals surface area contributed by atoms with Crippen molar-refractivity contribution >= 4 is 33.0 Å². The number of hydrogen-bond acceptors (Lipinski definition) is 2. The molecule has 0 spiro atoms. The van der Waals surface area contributed by atoms with Crippen LogP contribution in [0.25, 0.3) is 0 Å². The van der Waals surface area contributed by atoms with E-state index >= 15 is 0 Å². The van der Waals surface area contributed by atoms with E-state index in [-0.39, 0.29) is 18.6 Å². The van der Waals surface area contributed by atoms with E-state index in [1.54, 1.807) is 11.4 Å². The standard InChI is InChI=1S/C9H8BrF3OS/c10-8-4-6(5-15-8)7(14)2-1-3-9(11,12)13/h4-5H,1-3H2. The summed E-state index contributed by atoms with van der Waals surface area (Å²) in [6.45, 7) is 0. The minimum atomic E-state index is -4.17. The maximum Gasteiger partial charge on any atom is 0.389 e. The third kappa shape index (κ3) is 4.79. The zero-order valence-electron chi connectivity index (χ0n) is 7.60. The Hall–Kier alpha value is -0.360. The first kappa shape index (κ1) is 12.7. The number of Topliss-reactive ketones (excluding diaryl/α,β-unsaturated/α-hetero) is 1. The molecule has 0 bridgehead atoms. The minimum Gasteiger partial charge on any atom is -0.294 e. The number of thiophene rings is 1. The lowest BCUT2D eigenvalue weighted by molar-refractivity contribution is -0.135.